The molecule has 0 bridgehead atoms. The van der Waals surface area contributed by atoms with Crippen LogP contribution < -0.4 is 10.1 Å². The van der Waals surface area contributed by atoms with Gasteiger partial charge in [0.05, 0.1) is 0 Å². The Labute approximate surface area is 196 Å². The molecule has 4 rings (SSSR count). The van der Waals surface area contributed by atoms with Crippen molar-refractivity contribution in [2.45, 2.75) is 32.3 Å². The normalized spacial score (nSPS) is 13.6. The molecule has 0 aliphatic heterocycles. The maximum Gasteiger partial charge on any atom is 0.573 e. The molecule has 170 valence electrons. The van der Waals surface area contributed by atoms with Gasteiger partial charge in [-0.3, -0.25) is 0 Å². The molecule has 0 saturated carbocycles. The summed E-state index contributed by atoms with van der Waals surface area (Å²) in [4.78, 5) is 0. The minimum atomic E-state index is -4.71. The third-order valence-electron chi connectivity index (χ3n) is 5.63. The Hall–Kier alpha value is -3.02. The van der Waals surface area contributed by atoms with Crippen LogP contribution >= 0.6 is 11.6 Å². The van der Waals surface area contributed by atoms with Crippen molar-refractivity contribution in [2.24, 2.45) is 0 Å². The first-order valence-corrected chi connectivity index (χ1v) is 11.0. The molecule has 0 radical (unpaired) electrons. The summed E-state index contributed by atoms with van der Waals surface area (Å²) in [6.45, 7) is 4.18. The van der Waals surface area contributed by atoms with Gasteiger partial charge >= 0.3 is 6.36 Å². The Kier molecular flexibility index (Phi) is 6.63. The van der Waals surface area contributed by atoms with Gasteiger partial charge in [0.25, 0.3) is 0 Å². The lowest BCUT2D eigenvalue weighted by Crippen LogP contribution is -2.22. The molecular weight excluding hydrogens is 447 g/mol. The summed E-state index contributed by atoms with van der Waals surface area (Å²) in [5.41, 5.74) is 3.94. The Balaban J connectivity index is 1.67. The standard InChI is InChI=1S/C27H23ClF3NO/c1-17(20-7-5-8-23(28)15-20)32-18(2)22-14-21-6-3-4-9-25(21)26(16-22)19-10-12-24(13-11-19)33-27(29,30)31/h3-18,32H,1-2H3/t17-,18?/m1/s1. The van der Waals surface area contributed by atoms with Crippen molar-refractivity contribution >= 4 is 22.4 Å². The number of fused-ring (bicyclic) bond motifs is 1. The number of hydrogen-bond donors (Lipinski definition) is 1. The average Bonchev–Trinajstić information content (AvgIpc) is 2.78. The van der Waals surface area contributed by atoms with E-state index in [9.17, 15) is 13.2 Å². The highest BCUT2D eigenvalue weighted by Crippen LogP contribution is 2.34. The van der Waals surface area contributed by atoms with E-state index < -0.39 is 6.36 Å². The largest absolute Gasteiger partial charge is 0.573 e. The Bertz CT molecular complexity index is 1250. The van der Waals surface area contributed by atoms with Gasteiger partial charge in [0.15, 0.2) is 0 Å². The SMILES string of the molecule is CC(N[C@H](C)c1cccc(Cl)c1)c1cc(-c2ccc(OC(F)(F)F)cc2)c2ccccc2c1. The van der Waals surface area contributed by atoms with Crippen molar-refractivity contribution in [1.82, 2.24) is 5.32 Å². The van der Waals surface area contributed by atoms with Crippen LogP contribution in [-0.4, -0.2) is 6.36 Å². The number of ether oxygens (including phenoxy) is 1. The molecule has 0 spiro atoms. The third-order valence-corrected chi connectivity index (χ3v) is 5.87. The van der Waals surface area contributed by atoms with Crippen LogP contribution in [0, 0.1) is 0 Å². The average molecular weight is 470 g/mol. The van der Waals surface area contributed by atoms with Crippen LogP contribution in [0.2, 0.25) is 5.02 Å². The van der Waals surface area contributed by atoms with E-state index in [1.54, 1.807) is 12.1 Å². The summed E-state index contributed by atoms with van der Waals surface area (Å²) in [6.07, 6.45) is -4.71. The number of benzene rings is 4. The topological polar surface area (TPSA) is 21.3 Å². The van der Waals surface area contributed by atoms with Crippen molar-refractivity contribution in [1.29, 1.82) is 0 Å². The molecule has 0 heterocycles. The van der Waals surface area contributed by atoms with E-state index in [2.05, 4.69) is 36.0 Å². The fraction of sp³-hybridized carbons (Fsp3) is 0.185. The quantitative estimate of drug-likeness (QED) is 0.306. The molecule has 0 aliphatic rings. The highest BCUT2D eigenvalue weighted by molar-refractivity contribution is 6.30. The van der Waals surface area contributed by atoms with Gasteiger partial charge in [-0.2, -0.15) is 0 Å². The van der Waals surface area contributed by atoms with Crippen molar-refractivity contribution in [3.8, 4) is 16.9 Å². The summed E-state index contributed by atoms with van der Waals surface area (Å²) in [5, 5.41) is 6.40. The minimum absolute atomic E-state index is 0.0233. The highest BCUT2D eigenvalue weighted by atomic mass is 35.5. The van der Waals surface area contributed by atoms with E-state index in [0.717, 1.165) is 33.0 Å². The van der Waals surface area contributed by atoms with Crippen molar-refractivity contribution in [3.05, 3.63) is 101 Å². The van der Waals surface area contributed by atoms with Crippen LogP contribution in [0.3, 0.4) is 0 Å². The smallest absolute Gasteiger partial charge is 0.406 e. The number of halogens is 4. The molecule has 2 atom stereocenters. The Morgan fingerprint density at radius 2 is 1.48 bits per heavy atom. The van der Waals surface area contributed by atoms with Crippen molar-refractivity contribution in [3.63, 3.8) is 0 Å². The van der Waals surface area contributed by atoms with Gasteiger partial charge in [0.1, 0.15) is 5.75 Å². The van der Waals surface area contributed by atoms with Gasteiger partial charge in [0, 0.05) is 17.1 Å². The van der Waals surface area contributed by atoms with Crippen LogP contribution in [0.4, 0.5) is 13.2 Å². The fourth-order valence-electron chi connectivity index (χ4n) is 4.00. The molecule has 0 aliphatic carbocycles. The molecule has 4 aromatic rings. The van der Waals surface area contributed by atoms with E-state index >= 15 is 0 Å². The van der Waals surface area contributed by atoms with Crippen LogP contribution in [0.1, 0.15) is 37.1 Å². The maximum atomic E-state index is 12.5. The maximum absolute atomic E-state index is 12.5. The monoisotopic (exact) mass is 469 g/mol. The van der Waals surface area contributed by atoms with Gasteiger partial charge in [-0.25, -0.2) is 0 Å². The first-order valence-electron chi connectivity index (χ1n) is 10.6. The second-order valence-corrected chi connectivity index (χ2v) is 8.46. The van der Waals surface area contributed by atoms with Crippen LogP contribution in [-0.2, 0) is 0 Å². The van der Waals surface area contributed by atoms with Gasteiger partial charge in [-0.1, -0.05) is 60.1 Å². The van der Waals surface area contributed by atoms with E-state index in [1.807, 2.05) is 48.5 Å². The van der Waals surface area contributed by atoms with Gasteiger partial charge in [-0.05, 0) is 83.3 Å². The molecule has 6 heteroatoms. The van der Waals surface area contributed by atoms with Crippen LogP contribution in [0.25, 0.3) is 21.9 Å². The second-order valence-electron chi connectivity index (χ2n) is 8.03. The molecule has 0 amide bonds. The summed E-state index contributed by atoms with van der Waals surface area (Å²) in [5.74, 6) is -0.239. The lowest BCUT2D eigenvalue weighted by atomic mass is 9.93. The number of hydrogen-bond acceptors (Lipinski definition) is 2. The number of rotatable bonds is 6. The minimum Gasteiger partial charge on any atom is -0.406 e. The zero-order valence-corrected chi connectivity index (χ0v) is 18.9. The van der Waals surface area contributed by atoms with Crippen molar-refractivity contribution < 1.29 is 17.9 Å². The van der Waals surface area contributed by atoms with Crippen LogP contribution in [0.5, 0.6) is 5.75 Å². The molecule has 1 unspecified atom stereocenters. The van der Waals surface area contributed by atoms with E-state index in [0.29, 0.717) is 5.02 Å². The first-order chi connectivity index (χ1) is 15.7. The second kappa shape index (κ2) is 9.46. The number of nitrogens with one attached hydrogen (secondary N) is 1. The molecule has 0 aromatic heterocycles. The van der Waals surface area contributed by atoms with E-state index in [-0.39, 0.29) is 17.8 Å². The first kappa shape index (κ1) is 23.1. The summed E-state index contributed by atoms with van der Waals surface area (Å²) in [6, 6.07) is 26.1. The van der Waals surface area contributed by atoms with Crippen LogP contribution in [0.15, 0.2) is 84.9 Å². The lowest BCUT2D eigenvalue weighted by molar-refractivity contribution is -0.274. The van der Waals surface area contributed by atoms with Gasteiger partial charge in [0.2, 0.25) is 0 Å². The van der Waals surface area contributed by atoms with Gasteiger partial charge in [-0.15, -0.1) is 13.2 Å². The number of alkyl halides is 3. The molecule has 4 aromatic carbocycles. The lowest BCUT2D eigenvalue weighted by Gasteiger charge is -2.22. The highest BCUT2D eigenvalue weighted by Gasteiger charge is 2.31. The van der Waals surface area contributed by atoms with Gasteiger partial charge < -0.3 is 10.1 Å². The summed E-state index contributed by atoms with van der Waals surface area (Å²) < 4.78 is 41.6. The molecule has 0 saturated heterocycles. The fourth-order valence-corrected chi connectivity index (χ4v) is 4.20. The zero-order chi connectivity index (χ0) is 23.6. The predicted molar refractivity (Wildman–Crippen MR) is 127 cm³/mol. The Morgan fingerprint density at radius 1 is 0.788 bits per heavy atom. The van der Waals surface area contributed by atoms with E-state index in [1.165, 1.54) is 12.1 Å². The summed E-state index contributed by atoms with van der Waals surface area (Å²) >= 11 is 6.14. The Morgan fingerprint density at radius 3 is 2.18 bits per heavy atom. The zero-order valence-electron chi connectivity index (χ0n) is 18.2. The molecule has 0 fully saturated rings. The predicted octanol–water partition coefficient (Wildman–Crippen LogP) is 8.47. The molecule has 1 N–H and O–H groups in total. The molecular formula is C27H23ClF3NO. The summed E-state index contributed by atoms with van der Waals surface area (Å²) in [7, 11) is 0. The van der Waals surface area contributed by atoms with Crippen molar-refractivity contribution in [2.75, 3.05) is 0 Å². The third kappa shape index (κ3) is 5.67. The van der Waals surface area contributed by atoms with E-state index in [4.69, 9.17) is 11.6 Å². The molecule has 33 heavy (non-hydrogen) atoms. The molecule has 2 nitrogen and oxygen atoms in total.